The minimum absolute atomic E-state index is 0.221. The molecule has 3 aliphatic heterocycles. The monoisotopic (exact) mass is 359 g/mol. The molecule has 3 heterocycles. The molecule has 0 aromatic heterocycles. The summed E-state index contributed by atoms with van der Waals surface area (Å²) in [5, 5.41) is 10.5. The van der Waals surface area contributed by atoms with Crippen LogP contribution in [0.4, 0.5) is 0 Å². The van der Waals surface area contributed by atoms with Crippen molar-refractivity contribution in [2.45, 2.75) is 43.4 Å². The summed E-state index contributed by atoms with van der Waals surface area (Å²) in [5.41, 5.74) is 3.48. The van der Waals surface area contributed by atoms with Gasteiger partial charge in [-0.05, 0) is 43.0 Å². The average Bonchev–Trinajstić information content (AvgIpc) is 3.21. The van der Waals surface area contributed by atoms with E-state index in [1.807, 2.05) is 6.08 Å². The summed E-state index contributed by atoms with van der Waals surface area (Å²) >= 11 is 0. The fraction of sp³-hybridized carbons (Fsp3) is 0.600. The molecular formula is C20H25NO5. The molecule has 1 aliphatic carbocycles. The van der Waals surface area contributed by atoms with Crippen molar-refractivity contribution in [3.63, 3.8) is 0 Å². The number of benzene rings is 1. The fourth-order valence-corrected chi connectivity index (χ4v) is 5.37. The van der Waals surface area contributed by atoms with Crippen molar-refractivity contribution >= 4 is 0 Å². The van der Waals surface area contributed by atoms with Crippen molar-refractivity contribution < 1.29 is 24.1 Å². The molecule has 0 bridgehead atoms. The normalized spacial score (nSPS) is 32.3. The van der Waals surface area contributed by atoms with Crippen molar-refractivity contribution in [3.05, 3.63) is 28.8 Å². The van der Waals surface area contributed by atoms with E-state index in [9.17, 15) is 5.11 Å². The third-order valence-corrected chi connectivity index (χ3v) is 6.50. The van der Waals surface area contributed by atoms with Gasteiger partial charge in [0.25, 0.3) is 0 Å². The first kappa shape index (κ1) is 16.4. The molecule has 4 aliphatic rings. The minimum Gasteiger partial charge on any atom is -0.492 e. The number of hydrogen-bond donors (Lipinski definition) is 1. The molecule has 6 nitrogen and oxygen atoms in total. The number of rotatable bonds is 2. The van der Waals surface area contributed by atoms with Crippen LogP contribution in [0.2, 0.25) is 0 Å². The third kappa shape index (κ3) is 2.03. The molecule has 140 valence electrons. The van der Waals surface area contributed by atoms with E-state index in [4.69, 9.17) is 18.9 Å². The summed E-state index contributed by atoms with van der Waals surface area (Å²) in [6, 6.07) is 2.14. The second kappa shape index (κ2) is 5.87. The molecule has 5 rings (SSSR count). The van der Waals surface area contributed by atoms with E-state index in [1.54, 1.807) is 14.2 Å². The largest absolute Gasteiger partial charge is 0.492 e. The number of fused-ring (bicyclic) bond motifs is 2. The first-order chi connectivity index (χ1) is 12.7. The maximum Gasteiger partial charge on any atom is 0.231 e. The number of aliphatic hydroxyl groups excluding tert-OH is 1. The zero-order valence-corrected chi connectivity index (χ0v) is 15.3. The highest BCUT2D eigenvalue weighted by atomic mass is 16.7. The second-order valence-corrected chi connectivity index (χ2v) is 7.53. The lowest BCUT2D eigenvalue weighted by molar-refractivity contribution is -0.0318. The highest BCUT2D eigenvalue weighted by Crippen LogP contribution is 2.56. The van der Waals surface area contributed by atoms with Crippen LogP contribution in [0.25, 0.3) is 0 Å². The van der Waals surface area contributed by atoms with Gasteiger partial charge in [-0.25, -0.2) is 0 Å². The van der Waals surface area contributed by atoms with Crippen molar-refractivity contribution in [1.82, 2.24) is 4.90 Å². The van der Waals surface area contributed by atoms with Gasteiger partial charge < -0.3 is 24.1 Å². The molecular weight excluding hydrogens is 334 g/mol. The quantitative estimate of drug-likeness (QED) is 0.815. The van der Waals surface area contributed by atoms with Crippen LogP contribution in [0.3, 0.4) is 0 Å². The lowest BCUT2D eigenvalue weighted by atomic mass is 9.72. The van der Waals surface area contributed by atoms with Crippen molar-refractivity contribution in [1.29, 1.82) is 0 Å². The average molecular weight is 359 g/mol. The van der Waals surface area contributed by atoms with Gasteiger partial charge in [0.05, 0.1) is 24.9 Å². The van der Waals surface area contributed by atoms with Crippen molar-refractivity contribution in [3.8, 4) is 17.2 Å². The van der Waals surface area contributed by atoms with E-state index >= 15 is 0 Å². The van der Waals surface area contributed by atoms with E-state index in [1.165, 1.54) is 16.7 Å². The Bertz CT molecular complexity index is 776. The summed E-state index contributed by atoms with van der Waals surface area (Å²) < 4.78 is 22.9. The molecule has 26 heavy (non-hydrogen) atoms. The van der Waals surface area contributed by atoms with Crippen LogP contribution in [0.5, 0.6) is 17.2 Å². The van der Waals surface area contributed by atoms with Gasteiger partial charge in [0.1, 0.15) is 0 Å². The Labute approximate surface area is 153 Å². The Hall–Kier alpha value is -1.76. The molecule has 1 N–H and O–H groups in total. The van der Waals surface area contributed by atoms with Gasteiger partial charge in [0.15, 0.2) is 11.5 Å². The van der Waals surface area contributed by atoms with E-state index in [-0.39, 0.29) is 18.4 Å². The maximum atomic E-state index is 10.5. The molecule has 0 saturated carbocycles. The van der Waals surface area contributed by atoms with Gasteiger partial charge >= 0.3 is 0 Å². The number of methoxy groups -OCH3 is 2. The molecule has 0 amide bonds. The standard InChI is InChI=1S/C20H25NO5/c1-23-17-10-20-12(8-15(17)22)5-7-21(20)6-3-4-13-14(20)9-16-19(18(13)24-2)26-11-25-16/h8-9,15,17,22H,3-7,10-11H2,1-2H3/t15-,17+,20-/m0/s1. The van der Waals surface area contributed by atoms with Gasteiger partial charge in [-0.15, -0.1) is 0 Å². The van der Waals surface area contributed by atoms with Gasteiger partial charge in [-0.3, -0.25) is 4.90 Å². The minimum atomic E-state index is -0.553. The van der Waals surface area contributed by atoms with E-state index < -0.39 is 6.10 Å². The van der Waals surface area contributed by atoms with Crippen LogP contribution >= 0.6 is 0 Å². The predicted octanol–water partition coefficient (Wildman–Crippen LogP) is 1.98. The lowest BCUT2D eigenvalue weighted by Crippen LogP contribution is -2.49. The van der Waals surface area contributed by atoms with Crippen LogP contribution in [-0.4, -0.2) is 56.3 Å². The van der Waals surface area contributed by atoms with E-state index in [0.717, 1.165) is 56.0 Å². The highest BCUT2D eigenvalue weighted by molar-refractivity contribution is 5.64. The number of ether oxygens (including phenoxy) is 4. The Kier molecular flexibility index (Phi) is 3.71. The summed E-state index contributed by atoms with van der Waals surface area (Å²) in [6.07, 6.45) is 4.98. The molecule has 0 unspecified atom stereocenters. The maximum absolute atomic E-state index is 10.5. The molecule has 3 atom stereocenters. The lowest BCUT2D eigenvalue weighted by Gasteiger charge is -2.45. The smallest absolute Gasteiger partial charge is 0.231 e. The van der Waals surface area contributed by atoms with Crippen LogP contribution in [-0.2, 0) is 16.7 Å². The van der Waals surface area contributed by atoms with Gasteiger partial charge in [-0.2, -0.15) is 0 Å². The predicted molar refractivity (Wildman–Crippen MR) is 94.8 cm³/mol. The fourth-order valence-electron chi connectivity index (χ4n) is 5.37. The topological polar surface area (TPSA) is 60.4 Å². The zero-order chi connectivity index (χ0) is 17.9. The van der Waals surface area contributed by atoms with E-state index in [0.29, 0.717) is 0 Å². The molecule has 1 fully saturated rings. The number of hydrogen-bond acceptors (Lipinski definition) is 6. The molecule has 1 saturated heterocycles. The molecule has 0 radical (unpaired) electrons. The van der Waals surface area contributed by atoms with Gasteiger partial charge in [0, 0.05) is 25.6 Å². The second-order valence-electron chi connectivity index (χ2n) is 7.53. The van der Waals surface area contributed by atoms with Crippen LogP contribution in [0.1, 0.15) is 30.4 Å². The molecule has 1 spiro atoms. The summed E-state index contributed by atoms with van der Waals surface area (Å²) in [7, 11) is 3.38. The summed E-state index contributed by atoms with van der Waals surface area (Å²) in [5.74, 6) is 2.28. The van der Waals surface area contributed by atoms with Crippen LogP contribution in [0.15, 0.2) is 17.7 Å². The zero-order valence-electron chi connectivity index (χ0n) is 15.3. The Balaban J connectivity index is 1.77. The van der Waals surface area contributed by atoms with Crippen LogP contribution in [0, 0.1) is 0 Å². The highest BCUT2D eigenvalue weighted by Gasteiger charge is 2.53. The Morgan fingerprint density at radius 3 is 2.92 bits per heavy atom. The molecule has 6 heteroatoms. The SMILES string of the molecule is COc1c2c(cc3c1OCO3)[C@]13C[C@@H](OC)[C@@H](O)C=C1CCN3CCC2. The summed E-state index contributed by atoms with van der Waals surface area (Å²) in [4.78, 5) is 2.56. The summed E-state index contributed by atoms with van der Waals surface area (Å²) in [6.45, 7) is 2.26. The van der Waals surface area contributed by atoms with E-state index in [2.05, 4.69) is 11.0 Å². The Morgan fingerprint density at radius 2 is 2.12 bits per heavy atom. The third-order valence-electron chi connectivity index (χ3n) is 6.50. The van der Waals surface area contributed by atoms with Crippen LogP contribution < -0.4 is 14.2 Å². The molecule has 1 aromatic rings. The number of aliphatic hydroxyl groups is 1. The van der Waals surface area contributed by atoms with Gasteiger partial charge in [-0.1, -0.05) is 6.08 Å². The van der Waals surface area contributed by atoms with Crippen molar-refractivity contribution in [2.75, 3.05) is 34.1 Å². The van der Waals surface area contributed by atoms with Gasteiger partial charge in [0.2, 0.25) is 12.5 Å². The first-order valence-electron chi connectivity index (χ1n) is 9.36. The first-order valence-corrected chi connectivity index (χ1v) is 9.36. The molecule has 1 aromatic carbocycles. The Morgan fingerprint density at radius 1 is 1.23 bits per heavy atom. The van der Waals surface area contributed by atoms with Crippen molar-refractivity contribution in [2.24, 2.45) is 0 Å². The number of nitrogens with zero attached hydrogens (tertiary/aromatic N) is 1.